The number of nitrogens with zero attached hydrogens (tertiary/aromatic N) is 1. The molecule has 1 aliphatic heterocycles. The molecule has 1 aromatic rings. The minimum absolute atomic E-state index is 0.0867. The van der Waals surface area contributed by atoms with Gasteiger partial charge in [0.1, 0.15) is 5.82 Å². The molecule has 0 saturated carbocycles. The third-order valence-corrected chi connectivity index (χ3v) is 4.10. The van der Waals surface area contributed by atoms with E-state index in [1.807, 2.05) is 6.07 Å². The lowest BCUT2D eigenvalue weighted by molar-refractivity contribution is 0.139. The standard InChI is InChI=1S/C13H18BrFN2O/c1-18-7-6-17-5-4-12(16)13(17)10-3-2-9(15)8-11(10)14/h2-3,8,12-13H,4-7,16H2,1H3. The van der Waals surface area contributed by atoms with Crippen LogP contribution in [0, 0.1) is 5.82 Å². The average molecular weight is 317 g/mol. The summed E-state index contributed by atoms with van der Waals surface area (Å²) in [5.41, 5.74) is 7.24. The largest absolute Gasteiger partial charge is 0.383 e. The van der Waals surface area contributed by atoms with E-state index in [0.717, 1.165) is 29.5 Å². The van der Waals surface area contributed by atoms with E-state index in [4.69, 9.17) is 10.5 Å². The van der Waals surface area contributed by atoms with Crippen LogP contribution in [-0.2, 0) is 4.74 Å². The highest BCUT2D eigenvalue weighted by molar-refractivity contribution is 9.10. The van der Waals surface area contributed by atoms with Crippen molar-refractivity contribution in [3.63, 3.8) is 0 Å². The third-order valence-electron chi connectivity index (χ3n) is 3.41. The molecule has 0 spiro atoms. The SMILES string of the molecule is COCCN1CCC(N)C1c1ccc(F)cc1Br. The topological polar surface area (TPSA) is 38.5 Å². The first-order valence-corrected chi connectivity index (χ1v) is 6.86. The quantitative estimate of drug-likeness (QED) is 0.926. The second-order valence-corrected chi connectivity index (χ2v) is 5.45. The highest BCUT2D eigenvalue weighted by atomic mass is 79.9. The van der Waals surface area contributed by atoms with Crippen molar-refractivity contribution in [2.45, 2.75) is 18.5 Å². The first kappa shape index (κ1) is 13.9. The third kappa shape index (κ3) is 2.91. The van der Waals surface area contributed by atoms with Crippen LogP contribution in [0.2, 0.25) is 0 Å². The molecule has 1 aliphatic rings. The fraction of sp³-hybridized carbons (Fsp3) is 0.538. The minimum Gasteiger partial charge on any atom is -0.383 e. The first-order chi connectivity index (χ1) is 8.63. The number of halogens is 2. The maximum Gasteiger partial charge on any atom is 0.124 e. The van der Waals surface area contributed by atoms with Gasteiger partial charge in [-0.05, 0) is 24.1 Å². The lowest BCUT2D eigenvalue weighted by atomic mass is 10.0. The molecular formula is C13H18BrFN2O. The molecule has 0 amide bonds. The summed E-state index contributed by atoms with van der Waals surface area (Å²) in [6.07, 6.45) is 0.957. The van der Waals surface area contributed by atoms with Crippen molar-refractivity contribution in [1.82, 2.24) is 4.90 Å². The number of likely N-dealkylation sites (tertiary alicyclic amines) is 1. The molecular weight excluding hydrogens is 299 g/mol. The van der Waals surface area contributed by atoms with Crippen LogP contribution in [0.3, 0.4) is 0 Å². The molecule has 5 heteroatoms. The monoisotopic (exact) mass is 316 g/mol. The zero-order valence-electron chi connectivity index (χ0n) is 10.4. The Bertz CT molecular complexity index is 416. The number of benzene rings is 1. The summed E-state index contributed by atoms with van der Waals surface area (Å²) in [7, 11) is 1.69. The van der Waals surface area contributed by atoms with Crippen LogP contribution in [0.4, 0.5) is 4.39 Å². The van der Waals surface area contributed by atoms with Gasteiger partial charge in [0.15, 0.2) is 0 Å². The second kappa shape index (κ2) is 6.10. The molecule has 0 radical (unpaired) electrons. The van der Waals surface area contributed by atoms with Crippen molar-refractivity contribution in [3.8, 4) is 0 Å². The lowest BCUT2D eigenvalue weighted by Gasteiger charge is -2.27. The Labute approximate surface area is 115 Å². The smallest absolute Gasteiger partial charge is 0.124 e. The molecule has 2 atom stereocenters. The summed E-state index contributed by atoms with van der Waals surface area (Å²) in [6, 6.07) is 5.02. The van der Waals surface area contributed by atoms with Crippen molar-refractivity contribution < 1.29 is 9.13 Å². The number of ether oxygens (including phenoxy) is 1. The fourth-order valence-electron chi connectivity index (χ4n) is 2.51. The summed E-state index contributed by atoms with van der Waals surface area (Å²) in [6.45, 7) is 2.49. The van der Waals surface area contributed by atoms with Crippen LogP contribution in [0.15, 0.2) is 22.7 Å². The molecule has 1 saturated heterocycles. The van der Waals surface area contributed by atoms with Gasteiger partial charge in [0, 0.05) is 30.7 Å². The van der Waals surface area contributed by atoms with Gasteiger partial charge in [-0.3, -0.25) is 4.90 Å². The number of rotatable bonds is 4. The molecule has 18 heavy (non-hydrogen) atoms. The van der Waals surface area contributed by atoms with Gasteiger partial charge in [0.25, 0.3) is 0 Å². The van der Waals surface area contributed by atoms with Crippen molar-refractivity contribution in [3.05, 3.63) is 34.1 Å². The number of hydrogen-bond donors (Lipinski definition) is 1. The predicted octanol–water partition coefficient (Wildman–Crippen LogP) is 2.31. The number of hydrogen-bond acceptors (Lipinski definition) is 3. The molecule has 0 aromatic heterocycles. The Balaban J connectivity index is 2.22. The van der Waals surface area contributed by atoms with E-state index in [1.165, 1.54) is 12.1 Å². The van der Waals surface area contributed by atoms with E-state index in [1.54, 1.807) is 7.11 Å². The molecule has 100 valence electrons. The highest BCUT2D eigenvalue weighted by Gasteiger charge is 2.33. The van der Waals surface area contributed by atoms with Gasteiger partial charge >= 0.3 is 0 Å². The van der Waals surface area contributed by atoms with Crippen molar-refractivity contribution >= 4 is 15.9 Å². The Morgan fingerprint density at radius 1 is 1.56 bits per heavy atom. The lowest BCUT2D eigenvalue weighted by Crippen LogP contribution is -2.34. The van der Waals surface area contributed by atoms with Gasteiger partial charge in [-0.15, -0.1) is 0 Å². The first-order valence-electron chi connectivity index (χ1n) is 6.07. The molecule has 0 bridgehead atoms. The molecule has 1 fully saturated rings. The van der Waals surface area contributed by atoms with E-state index in [2.05, 4.69) is 20.8 Å². The van der Waals surface area contributed by atoms with E-state index in [9.17, 15) is 4.39 Å². The normalized spacial score (nSPS) is 24.7. The van der Waals surface area contributed by atoms with Crippen LogP contribution in [0.5, 0.6) is 0 Å². The average Bonchev–Trinajstić information content (AvgIpc) is 2.68. The van der Waals surface area contributed by atoms with Crippen LogP contribution in [0.1, 0.15) is 18.0 Å². The van der Waals surface area contributed by atoms with Gasteiger partial charge in [0.2, 0.25) is 0 Å². The van der Waals surface area contributed by atoms with Crippen LogP contribution in [-0.4, -0.2) is 37.7 Å². The Morgan fingerprint density at radius 3 is 3.00 bits per heavy atom. The van der Waals surface area contributed by atoms with Gasteiger partial charge in [-0.25, -0.2) is 4.39 Å². The predicted molar refractivity (Wildman–Crippen MR) is 72.9 cm³/mol. The maximum atomic E-state index is 13.1. The summed E-state index contributed by atoms with van der Waals surface area (Å²) >= 11 is 3.43. The number of methoxy groups -OCH3 is 1. The molecule has 2 N–H and O–H groups in total. The van der Waals surface area contributed by atoms with Crippen LogP contribution >= 0.6 is 15.9 Å². The van der Waals surface area contributed by atoms with Gasteiger partial charge in [0.05, 0.1) is 12.6 Å². The zero-order valence-corrected chi connectivity index (χ0v) is 12.0. The van der Waals surface area contributed by atoms with Crippen molar-refractivity contribution in [2.75, 3.05) is 26.8 Å². The Kier molecular flexibility index (Phi) is 4.72. The van der Waals surface area contributed by atoms with Gasteiger partial charge in [-0.2, -0.15) is 0 Å². The van der Waals surface area contributed by atoms with Crippen LogP contribution < -0.4 is 5.73 Å². The number of nitrogens with two attached hydrogens (primary N) is 1. The highest BCUT2D eigenvalue weighted by Crippen LogP contribution is 2.35. The summed E-state index contributed by atoms with van der Waals surface area (Å²) < 4.78 is 19.0. The van der Waals surface area contributed by atoms with E-state index in [-0.39, 0.29) is 17.9 Å². The van der Waals surface area contributed by atoms with Crippen molar-refractivity contribution in [2.24, 2.45) is 5.73 Å². The molecule has 1 heterocycles. The summed E-state index contributed by atoms with van der Waals surface area (Å²) in [5, 5.41) is 0. The molecule has 1 aromatic carbocycles. The van der Waals surface area contributed by atoms with Gasteiger partial charge < -0.3 is 10.5 Å². The van der Waals surface area contributed by atoms with Gasteiger partial charge in [-0.1, -0.05) is 22.0 Å². The van der Waals surface area contributed by atoms with E-state index in [0.29, 0.717) is 6.61 Å². The molecule has 3 nitrogen and oxygen atoms in total. The fourth-order valence-corrected chi connectivity index (χ4v) is 3.10. The molecule has 2 rings (SSSR count). The Hall–Kier alpha value is -0.490. The van der Waals surface area contributed by atoms with Crippen LogP contribution in [0.25, 0.3) is 0 Å². The molecule has 2 unspecified atom stereocenters. The minimum atomic E-state index is -0.236. The Morgan fingerprint density at radius 2 is 2.33 bits per heavy atom. The summed E-state index contributed by atoms with van der Waals surface area (Å²) in [4.78, 5) is 2.30. The second-order valence-electron chi connectivity index (χ2n) is 4.59. The van der Waals surface area contributed by atoms with E-state index < -0.39 is 0 Å². The maximum absolute atomic E-state index is 13.1. The van der Waals surface area contributed by atoms with E-state index >= 15 is 0 Å². The summed E-state index contributed by atoms with van der Waals surface area (Å²) in [5.74, 6) is -0.236. The molecule has 0 aliphatic carbocycles. The van der Waals surface area contributed by atoms with Crippen molar-refractivity contribution in [1.29, 1.82) is 0 Å². The zero-order chi connectivity index (χ0) is 13.1.